The van der Waals surface area contributed by atoms with E-state index in [9.17, 15) is 5.11 Å². The summed E-state index contributed by atoms with van der Waals surface area (Å²) in [7, 11) is 3.52. The van der Waals surface area contributed by atoms with Gasteiger partial charge in [0, 0.05) is 30.6 Å². The molecule has 2 aromatic heterocycles. The van der Waals surface area contributed by atoms with Gasteiger partial charge in [-0.25, -0.2) is 4.98 Å². The maximum absolute atomic E-state index is 10.0. The molecule has 1 aliphatic rings. The van der Waals surface area contributed by atoms with Crippen molar-refractivity contribution in [2.75, 3.05) is 32.3 Å². The zero-order valence-corrected chi connectivity index (χ0v) is 16.7. The number of aromatic hydroxyl groups is 1. The number of hydrogen-bond acceptors (Lipinski definition) is 6. The van der Waals surface area contributed by atoms with Crippen molar-refractivity contribution in [2.45, 2.75) is 0 Å². The number of hydrogen-bond donors (Lipinski definition) is 1. The first kappa shape index (κ1) is 18.2. The van der Waals surface area contributed by atoms with Crippen molar-refractivity contribution in [3.05, 3.63) is 60.8 Å². The summed E-state index contributed by atoms with van der Waals surface area (Å²) in [6, 6.07) is 17.0. The van der Waals surface area contributed by atoms with Crippen molar-refractivity contribution < 1.29 is 19.3 Å². The molecular formula is C23H21N3O4. The van der Waals surface area contributed by atoms with Crippen LogP contribution in [0, 0.1) is 0 Å². The molecule has 0 radical (unpaired) electrons. The monoisotopic (exact) mass is 403 g/mol. The van der Waals surface area contributed by atoms with Crippen molar-refractivity contribution in [3.63, 3.8) is 0 Å². The number of nitrogens with zero attached hydrogens (tertiary/aromatic N) is 3. The number of rotatable bonds is 4. The Hall–Kier alpha value is -3.87. The molecule has 0 saturated heterocycles. The Labute approximate surface area is 173 Å². The standard InChI is InChI=1S/C23H21N3O4/c1-25(16-7-9-18-20(14-16)30-12-11-29-18)23-22(24-21-5-3-4-10-26(21)23)15-6-8-17(27)19(13-15)28-2/h3-10,13-14,27H,11-12H2,1-2H3. The fourth-order valence-electron chi connectivity index (χ4n) is 3.68. The quantitative estimate of drug-likeness (QED) is 0.549. The van der Waals surface area contributed by atoms with E-state index in [4.69, 9.17) is 19.2 Å². The summed E-state index contributed by atoms with van der Waals surface area (Å²) in [5, 5.41) is 10.0. The minimum atomic E-state index is 0.0896. The van der Waals surface area contributed by atoms with Gasteiger partial charge >= 0.3 is 0 Å². The van der Waals surface area contributed by atoms with E-state index in [1.807, 2.05) is 60.1 Å². The smallest absolute Gasteiger partial charge is 0.163 e. The van der Waals surface area contributed by atoms with E-state index in [-0.39, 0.29) is 5.75 Å². The molecule has 0 fully saturated rings. The van der Waals surface area contributed by atoms with Gasteiger partial charge in [0.1, 0.15) is 30.4 Å². The number of imidazole rings is 1. The first-order valence-electron chi connectivity index (χ1n) is 9.63. The number of aromatic nitrogens is 2. The molecule has 30 heavy (non-hydrogen) atoms. The molecule has 0 spiro atoms. The number of methoxy groups -OCH3 is 1. The highest BCUT2D eigenvalue weighted by molar-refractivity contribution is 5.82. The summed E-state index contributed by atoms with van der Waals surface area (Å²) < 4.78 is 18.7. The largest absolute Gasteiger partial charge is 0.504 e. The second-order valence-electron chi connectivity index (χ2n) is 6.99. The van der Waals surface area contributed by atoms with Crippen molar-refractivity contribution in [1.29, 1.82) is 0 Å². The number of pyridine rings is 1. The third-order valence-corrected chi connectivity index (χ3v) is 5.19. The highest BCUT2D eigenvalue weighted by Gasteiger charge is 2.21. The van der Waals surface area contributed by atoms with Crippen molar-refractivity contribution >= 4 is 17.2 Å². The summed E-state index contributed by atoms with van der Waals surface area (Å²) >= 11 is 0. The van der Waals surface area contributed by atoms with E-state index in [2.05, 4.69) is 4.90 Å². The fraction of sp³-hybridized carbons (Fsp3) is 0.174. The van der Waals surface area contributed by atoms with Crippen LogP contribution in [-0.4, -0.2) is 41.9 Å². The van der Waals surface area contributed by atoms with E-state index in [1.165, 1.54) is 7.11 Å². The van der Waals surface area contributed by atoms with Gasteiger partial charge in [0.15, 0.2) is 23.0 Å². The maximum Gasteiger partial charge on any atom is 0.163 e. The highest BCUT2D eigenvalue weighted by Crippen LogP contribution is 2.40. The zero-order valence-electron chi connectivity index (χ0n) is 16.7. The third-order valence-electron chi connectivity index (χ3n) is 5.19. The molecule has 1 aliphatic heterocycles. The third kappa shape index (κ3) is 2.95. The van der Waals surface area contributed by atoms with Crippen LogP contribution in [0.25, 0.3) is 16.9 Å². The summed E-state index contributed by atoms with van der Waals surface area (Å²) in [6.45, 7) is 1.09. The van der Waals surface area contributed by atoms with Gasteiger partial charge in [-0.1, -0.05) is 6.07 Å². The molecule has 5 rings (SSSR count). The number of anilines is 2. The molecule has 0 aliphatic carbocycles. The van der Waals surface area contributed by atoms with Crippen LogP contribution in [0.3, 0.4) is 0 Å². The van der Waals surface area contributed by atoms with Gasteiger partial charge < -0.3 is 24.2 Å². The molecule has 152 valence electrons. The van der Waals surface area contributed by atoms with Crippen LogP contribution in [0.4, 0.5) is 11.5 Å². The van der Waals surface area contributed by atoms with Crippen LogP contribution in [0.1, 0.15) is 0 Å². The van der Waals surface area contributed by atoms with Gasteiger partial charge in [-0.3, -0.25) is 4.40 Å². The number of phenolic OH excluding ortho intramolecular Hbond substituents is 1. The Bertz CT molecular complexity index is 1230. The Morgan fingerprint density at radius 3 is 2.70 bits per heavy atom. The minimum Gasteiger partial charge on any atom is -0.504 e. The van der Waals surface area contributed by atoms with Gasteiger partial charge in [0.25, 0.3) is 0 Å². The molecule has 4 aromatic rings. The highest BCUT2D eigenvalue weighted by atomic mass is 16.6. The predicted octanol–water partition coefficient (Wildman–Crippen LogP) is 4.25. The van der Waals surface area contributed by atoms with Crippen molar-refractivity contribution in [3.8, 4) is 34.3 Å². The molecule has 2 aromatic carbocycles. The molecule has 0 atom stereocenters. The molecule has 7 heteroatoms. The lowest BCUT2D eigenvalue weighted by Crippen LogP contribution is -2.17. The maximum atomic E-state index is 10.0. The Balaban J connectivity index is 1.67. The van der Waals surface area contributed by atoms with Crippen LogP contribution in [0.5, 0.6) is 23.0 Å². The molecule has 1 N–H and O–H groups in total. The van der Waals surface area contributed by atoms with E-state index in [0.29, 0.717) is 19.0 Å². The molecular weight excluding hydrogens is 382 g/mol. The lowest BCUT2D eigenvalue weighted by Gasteiger charge is -2.24. The second kappa shape index (κ2) is 7.18. The Kier molecular flexibility index (Phi) is 4.35. The topological polar surface area (TPSA) is 68.5 Å². The Morgan fingerprint density at radius 1 is 1.03 bits per heavy atom. The van der Waals surface area contributed by atoms with Gasteiger partial charge in [-0.2, -0.15) is 0 Å². The van der Waals surface area contributed by atoms with E-state index in [1.54, 1.807) is 12.1 Å². The fourth-order valence-corrected chi connectivity index (χ4v) is 3.68. The van der Waals surface area contributed by atoms with Crippen molar-refractivity contribution in [1.82, 2.24) is 9.38 Å². The number of fused-ring (bicyclic) bond motifs is 2. The van der Waals surface area contributed by atoms with E-state index >= 15 is 0 Å². The number of benzene rings is 2. The normalized spacial score (nSPS) is 12.7. The Morgan fingerprint density at radius 2 is 1.87 bits per heavy atom. The summed E-state index contributed by atoms with van der Waals surface area (Å²) in [6.07, 6.45) is 1.98. The van der Waals surface area contributed by atoms with Gasteiger partial charge in [-0.15, -0.1) is 0 Å². The summed E-state index contributed by atoms with van der Waals surface area (Å²) in [4.78, 5) is 6.91. The van der Waals surface area contributed by atoms with Crippen LogP contribution >= 0.6 is 0 Å². The summed E-state index contributed by atoms with van der Waals surface area (Å²) in [5.41, 5.74) is 3.38. The molecule has 0 unspecified atom stereocenters. The van der Waals surface area contributed by atoms with Crippen LogP contribution in [0.15, 0.2) is 60.8 Å². The molecule has 0 bridgehead atoms. The minimum absolute atomic E-state index is 0.0896. The number of ether oxygens (including phenoxy) is 3. The summed E-state index contributed by atoms with van der Waals surface area (Å²) in [5.74, 6) is 2.85. The second-order valence-corrected chi connectivity index (χ2v) is 6.99. The lowest BCUT2D eigenvalue weighted by molar-refractivity contribution is 0.171. The van der Waals surface area contributed by atoms with E-state index in [0.717, 1.165) is 39.9 Å². The molecule has 7 nitrogen and oxygen atoms in total. The van der Waals surface area contributed by atoms with Crippen molar-refractivity contribution in [2.24, 2.45) is 0 Å². The number of phenols is 1. The molecule has 0 saturated carbocycles. The predicted molar refractivity (Wildman–Crippen MR) is 114 cm³/mol. The van der Waals surface area contributed by atoms with Gasteiger partial charge in [0.2, 0.25) is 0 Å². The van der Waals surface area contributed by atoms with E-state index < -0.39 is 0 Å². The van der Waals surface area contributed by atoms with Crippen LogP contribution in [0.2, 0.25) is 0 Å². The van der Waals surface area contributed by atoms with Crippen LogP contribution in [-0.2, 0) is 0 Å². The lowest BCUT2D eigenvalue weighted by atomic mass is 10.1. The van der Waals surface area contributed by atoms with Gasteiger partial charge in [0.05, 0.1) is 7.11 Å². The first-order chi connectivity index (χ1) is 14.7. The van der Waals surface area contributed by atoms with Gasteiger partial charge in [-0.05, 0) is 42.5 Å². The SMILES string of the molecule is COc1cc(-c2nc3ccccn3c2N(C)c2ccc3c(c2)OCCO3)ccc1O. The molecule has 0 amide bonds. The van der Waals surface area contributed by atoms with Crippen LogP contribution < -0.4 is 19.1 Å². The first-order valence-corrected chi connectivity index (χ1v) is 9.63. The average Bonchev–Trinajstić information content (AvgIpc) is 3.18. The zero-order chi connectivity index (χ0) is 20.7. The average molecular weight is 403 g/mol. The molecule has 3 heterocycles.